The van der Waals surface area contributed by atoms with Gasteiger partial charge in [-0.25, -0.2) is 4.39 Å². The van der Waals surface area contributed by atoms with Crippen LogP contribution in [0.15, 0.2) is 55.1 Å². The maximum absolute atomic E-state index is 13.5. The Bertz CT molecular complexity index is 945. The van der Waals surface area contributed by atoms with E-state index in [-0.39, 0.29) is 30.0 Å². The Morgan fingerprint density at radius 2 is 1.79 bits per heavy atom. The second kappa shape index (κ2) is 14.4. The fourth-order valence-corrected chi connectivity index (χ4v) is 2.83. The van der Waals surface area contributed by atoms with Gasteiger partial charge in [-0.2, -0.15) is 0 Å². The van der Waals surface area contributed by atoms with Gasteiger partial charge in [0.1, 0.15) is 5.82 Å². The van der Waals surface area contributed by atoms with Crippen molar-refractivity contribution in [3.05, 3.63) is 77.6 Å². The molecule has 0 atom stereocenters. The molecule has 33 heavy (non-hydrogen) atoms. The van der Waals surface area contributed by atoms with Crippen molar-refractivity contribution in [3.8, 4) is 0 Å². The van der Waals surface area contributed by atoms with E-state index < -0.39 is 0 Å². The van der Waals surface area contributed by atoms with Crippen molar-refractivity contribution < 1.29 is 18.8 Å². The third kappa shape index (κ3) is 9.99. The van der Waals surface area contributed by atoms with E-state index in [0.717, 1.165) is 6.42 Å². The van der Waals surface area contributed by atoms with E-state index in [1.807, 2.05) is 6.92 Å². The van der Waals surface area contributed by atoms with Gasteiger partial charge in [0, 0.05) is 37.9 Å². The Morgan fingerprint density at radius 1 is 1.12 bits per heavy atom. The fraction of sp³-hybridized carbons (Fsp3) is 0.320. The Morgan fingerprint density at radius 3 is 2.33 bits per heavy atom. The van der Waals surface area contributed by atoms with Crippen molar-refractivity contribution in [1.82, 2.24) is 15.5 Å². The Balaban J connectivity index is 0.000000412. The Hall–Kier alpha value is -3.68. The highest BCUT2D eigenvalue weighted by Gasteiger charge is 2.14. The predicted molar refractivity (Wildman–Crippen MR) is 129 cm³/mol. The molecular formula is C25H33FN4O3. The number of rotatable bonds is 9. The number of benzene rings is 2. The first-order valence-corrected chi connectivity index (χ1v) is 10.7. The van der Waals surface area contributed by atoms with E-state index in [1.54, 1.807) is 55.3 Å². The molecule has 4 N–H and O–H groups in total. The van der Waals surface area contributed by atoms with Gasteiger partial charge in [0.15, 0.2) is 0 Å². The van der Waals surface area contributed by atoms with Gasteiger partial charge in [0.25, 0.3) is 5.91 Å². The lowest BCUT2D eigenvalue weighted by Crippen LogP contribution is -2.39. The number of anilines is 1. The molecule has 0 radical (unpaired) electrons. The van der Waals surface area contributed by atoms with Crippen LogP contribution in [0.2, 0.25) is 0 Å². The third-order valence-corrected chi connectivity index (χ3v) is 4.70. The van der Waals surface area contributed by atoms with Gasteiger partial charge in [-0.05, 0) is 60.9 Å². The van der Waals surface area contributed by atoms with Gasteiger partial charge >= 0.3 is 0 Å². The zero-order valence-corrected chi connectivity index (χ0v) is 19.5. The van der Waals surface area contributed by atoms with Crippen LogP contribution in [0, 0.1) is 12.7 Å². The molecule has 8 heteroatoms. The summed E-state index contributed by atoms with van der Waals surface area (Å²) in [6.07, 6.45) is 2.18. The summed E-state index contributed by atoms with van der Waals surface area (Å²) in [5.74, 6) is -0.724. The molecule has 2 rings (SSSR count). The lowest BCUT2D eigenvalue weighted by Gasteiger charge is -2.22. The summed E-state index contributed by atoms with van der Waals surface area (Å²) >= 11 is 0. The van der Waals surface area contributed by atoms with Gasteiger partial charge in [-0.3, -0.25) is 14.4 Å². The molecule has 178 valence electrons. The number of nitrogens with two attached hydrogens (primary N) is 1. The molecule has 0 bridgehead atoms. The normalized spacial score (nSPS) is 9.82. The van der Waals surface area contributed by atoms with E-state index in [1.165, 1.54) is 12.1 Å². The quantitative estimate of drug-likeness (QED) is 0.399. The van der Waals surface area contributed by atoms with Crippen LogP contribution >= 0.6 is 0 Å². The molecule has 0 aliphatic rings. The summed E-state index contributed by atoms with van der Waals surface area (Å²) in [5.41, 5.74) is 7.95. The van der Waals surface area contributed by atoms with E-state index in [2.05, 4.69) is 17.2 Å². The number of carbonyl (C=O) groups is 3. The zero-order chi connectivity index (χ0) is 24.8. The molecule has 0 spiro atoms. The summed E-state index contributed by atoms with van der Waals surface area (Å²) < 4.78 is 13.5. The van der Waals surface area contributed by atoms with Crippen molar-refractivity contribution in [2.75, 3.05) is 32.4 Å². The first-order chi connectivity index (χ1) is 15.7. The number of aryl methyl sites for hydroxylation is 1. The SMILES string of the molecule is C=CC(=O)NCCN(CCC)C(=O)Cc1ccc(C)c(F)c1.CNC(=O)c1ccc(N)cc1. The number of nitrogens with zero attached hydrogens (tertiary/aromatic N) is 1. The molecule has 2 aromatic carbocycles. The number of carbonyl (C=O) groups excluding carboxylic acids is 3. The zero-order valence-electron chi connectivity index (χ0n) is 19.5. The van der Waals surface area contributed by atoms with Crippen molar-refractivity contribution >= 4 is 23.4 Å². The average molecular weight is 457 g/mol. The Labute approximate surface area is 194 Å². The van der Waals surface area contributed by atoms with E-state index in [4.69, 9.17) is 5.73 Å². The fourth-order valence-electron chi connectivity index (χ4n) is 2.83. The topological polar surface area (TPSA) is 105 Å². The first-order valence-electron chi connectivity index (χ1n) is 10.7. The van der Waals surface area contributed by atoms with Crippen molar-refractivity contribution in [1.29, 1.82) is 0 Å². The summed E-state index contributed by atoms with van der Waals surface area (Å²) in [4.78, 5) is 36.1. The standard InChI is InChI=1S/C17H23FN2O2.C8H10N2O/c1-4-9-20(10-8-19-16(21)5-2)17(22)12-14-7-6-13(3)15(18)11-14;1-10-8(11)6-2-4-7(9)5-3-6/h5-7,11H,2,4,8-10,12H2,1,3H3,(H,19,21);2-5H,9H2,1H3,(H,10,11). The van der Waals surface area contributed by atoms with Crippen molar-refractivity contribution in [2.24, 2.45) is 0 Å². The average Bonchev–Trinajstić information content (AvgIpc) is 2.81. The van der Waals surface area contributed by atoms with Gasteiger partial charge in [0.2, 0.25) is 11.8 Å². The molecule has 0 aliphatic carbocycles. The minimum absolute atomic E-state index is 0.0713. The van der Waals surface area contributed by atoms with E-state index in [9.17, 15) is 18.8 Å². The number of hydrogen-bond donors (Lipinski definition) is 3. The third-order valence-electron chi connectivity index (χ3n) is 4.70. The summed E-state index contributed by atoms with van der Waals surface area (Å²) in [5, 5.41) is 5.17. The van der Waals surface area contributed by atoms with Gasteiger partial charge in [0.05, 0.1) is 6.42 Å². The highest BCUT2D eigenvalue weighted by Crippen LogP contribution is 2.11. The van der Waals surface area contributed by atoms with Crippen LogP contribution in [-0.2, 0) is 16.0 Å². The number of nitrogen functional groups attached to an aromatic ring is 1. The molecule has 0 heterocycles. The lowest BCUT2D eigenvalue weighted by atomic mass is 10.1. The molecule has 0 saturated heterocycles. The van der Waals surface area contributed by atoms with Crippen LogP contribution in [0.3, 0.4) is 0 Å². The van der Waals surface area contributed by atoms with Gasteiger partial charge < -0.3 is 21.3 Å². The summed E-state index contributed by atoms with van der Waals surface area (Å²) in [7, 11) is 1.60. The van der Waals surface area contributed by atoms with Crippen LogP contribution in [0.5, 0.6) is 0 Å². The largest absolute Gasteiger partial charge is 0.399 e. The number of nitrogens with one attached hydrogen (secondary N) is 2. The van der Waals surface area contributed by atoms with E-state index in [0.29, 0.717) is 42.0 Å². The molecular weight excluding hydrogens is 423 g/mol. The summed E-state index contributed by atoms with van der Waals surface area (Å²) in [6, 6.07) is 11.6. The molecule has 0 fully saturated rings. The smallest absolute Gasteiger partial charge is 0.251 e. The van der Waals surface area contributed by atoms with Gasteiger partial charge in [-0.15, -0.1) is 0 Å². The number of amides is 3. The second-order valence-corrected chi connectivity index (χ2v) is 7.34. The molecule has 2 aromatic rings. The molecule has 3 amide bonds. The lowest BCUT2D eigenvalue weighted by molar-refractivity contribution is -0.130. The second-order valence-electron chi connectivity index (χ2n) is 7.34. The molecule has 0 unspecified atom stereocenters. The highest BCUT2D eigenvalue weighted by molar-refractivity contribution is 5.94. The van der Waals surface area contributed by atoms with Crippen LogP contribution in [-0.4, -0.2) is 49.3 Å². The van der Waals surface area contributed by atoms with Gasteiger partial charge in [-0.1, -0.05) is 25.6 Å². The van der Waals surface area contributed by atoms with Crippen LogP contribution in [0.1, 0.15) is 34.8 Å². The minimum Gasteiger partial charge on any atom is -0.399 e. The van der Waals surface area contributed by atoms with E-state index >= 15 is 0 Å². The maximum atomic E-state index is 13.5. The molecule has 0 aromatic heterocycles. The number of hydrogen-bond acceptors (Lipinski definition) is 4. The molecule has 0 saturated carbocycles. The van der Waals surface area contributed by atoms with Crippen molar-refractivity contribution in [2.45, 2.75) is 26.7 Å². The van der Waals surface area contributed by atoms with Crippen LogP contribution < -0.4 is 16.4 Å². The molecule has 7 nitrogen and oxygen atoms in total. The predicted octanol–water partition coefficient (Wildman–Crippen LogP) is 2.85. The van der Waals surface area contributed by atoms with Crippen LogP contribution in [0.4, 0.5) is 10.1 Å². The van der Waals surface area contributed by atoms with Crippen LogP contribution in [0.25, 0.3) is 0 Å². The van der Waals surface area contributed by atoms with Crippen molar-refractivity contribution in [3.63, 3.8) is 0 Å². The maximum Gasteiger partial charge on any atom is 0.251 e. The first kappa shape index (κ1) is 27.4. The minimum atomic E-state index is -0.300. The molecule has 0 aliphatic heterocycles. The highest BCUT2D eigenvalue weighted by atomic mass is 19.1. The monoisotopic (exact) mass is 456 g/mol. The number of halogens is 1. The summed E-state index contributed by atoms with van der Waals surface area (Å²) in [6.45, 7) is 8.45. The Kier molecular flexibility index (Phi) is 11.9.